The number of halogens is 1. The van der Waals surface area contributed by atoms with Crippen molar-refractivity contribution < 1.29 is 13.9 Å². The predicted octanol–water partition coefficient (Wildman–Crippen LogP) is 2.97. The van der Waals surface area contributed by atoms with Crippen molar-refractivity contribution in [2.45, 2.75) is 65.6 Å². The summed E-state index contributed by atoms with van der Waals surface area (Å²) in [4.78, 5) is 22.7. The van der Waals surface area contributed by atoms with Crippen molar-refractivity contribution in [3.8, 4) is 0 Å². The van der Waals surface area contributed by atoms with Crippen molar-refractivity contribution in [2.75, 3.05) is 20.1 Å². The maximum atomic E-state index is 12.3. The van der Waals surface area contributed by atoms with Gasteiger partial charge in [-0.15, -0.1) is 24.0 Å². The summed E-state index contributed by atoms with van der Waals surface area (Å²) in [6.45, 7) is 11.0. The van der Waals surface area contributed by atoms with Gasteiger partial charge in [0.05, 0.1) is 12.2 Å². The van der Waals surface area contributed by atoms with Crippen LogP contribution in [-0.2, 0) is 11.3 Å². The van der Waals surface area contributed by atoms with Gasteiger partial charge in [-0.25, -0.2) is 9.78 Å². The van der Waals surface area contributed by atoms with E-state index in [1.165, 1.54) is 0 Å². The van der Waals surface area contributed by atoms with Gasteiger partial charge in [-0.3, -0.25) is 4.99 Å². The van der Waals surface area contributed by atoms with Crippen LogP contribution in [0.2, 0.25) is 0 Å². The van der Waals surface area contributed by atoms with Gasteiger partial charge in [0, 0.05) is 26.2 Å². The Morgan fingerprint density at radius 2 is 2.00 bits per heavy atom. The third kappa shape index (κ3) is 7.94. The Balaban J connectivity index is 0.00000364. The van der Waals surface area contributed by atoms with E-state index < -0.39 is 5.60 Å². The minimum absolute atomic E-state index is 0. The lowest BCUT2D eigenvalue weighted by atomic mass is 10.2. The molecule has 0 bridgehead atoms. The molecule has 0 atom stereocenters. The highest BCUT2D eigenvalue weighted by Gasteiger charge is 2.34. The number of carbonyl (C=O) groups is 1. The van der Waals surface area contributed by atoms with Gasteiger partial charge < -0.3 is 24.7 Å². The number of ether oxygens (including phenoxy) is 1. The van der Waals surface area contributed by atoms with E-state index in [9.17, 15) is 4.79 Å². The number of carbonyl (C=O) groups excluding carboxylic acids is 1. The summed E-state index contributed by atoms with van der Waals surface area (Å²) in [5.41, 5.74) is 0.406. The smallest absolute Gasteiger partial charge is 0.410 e. The molecule has 0 saturated heterocycles. The van der Waals surface area contributed by atoms with Gasteiger partial charge in [-0.2, -0.15) is 0 Å². The molecule has 1 aliphatic rings. The van der Waals surface area contributed by atoms with Gasteiger partial charge in [0.1, 0.15) is 11.4 Å². The largest absolute Gasteiger partial charge is 0.444 e. The van der Waals surface area contributed by atoms with E-state index in [1.54, 1.807) is 11.9 Å². The lowest BCUT2D eigenvalue weighted by Gasteiger charge is -2.27. The molecule has 2 rings (SSSR count). The van der Waals surface area contributed by atoms with Gasteiger partial charge in [-0.05, 0) is 47.5 Å². The van der Waals surface area contributed by atoms with Crippen molar-refractivity contribution in [3.05, 3.63) is 17.3 Å². The first-order chi connectivity index (χ1) is 12.2. The SMILES string of the molecule is CN=C(NCCN(C(=O)OC(C)(C)C)C1CC1)NCc1nc(C)c(C)o1.I. The summed E-state index contributed by atoms with van der Waals surface area (Å²) < 4.78 is 11.0. The average molecular weight is 493 g/mol. The second kappa shape index (κ2) is 10.1. The summed E-state index contributed by atoms with van der Waals surface area (Å²) >= 11 is 0. The second-order valence-electron chi connectivity index (χ2n) is 7.51. The standard InChI is InChI=1S/C18H31N5O3.HI/c1-12-13(2)25-15(22-12)11-21-16(19-6)20-9-10-23(14-7-8-14)17(24)26-18(3,4)5;/h14H,7-11H2,1-6H3,(H2,19,20,21);1H. The van der Waals surface area contributed by atoms with E-state index in [2.05, 4.69) is 20.6 Å². The van der Waals surface area contributed by atoms with E-state index >= 15 is 0 Å². The summed E-state index contributed by atoms with van der Waals surface area (Å²) in [6.07, 6.45) is 1.82. The van der Waals surface area contributed by atoms with Crippen LogP contribution in [0.1, 0.15) is 51.0 Å². The number of nitrogens with zero attached hydrogens (tertiary/aromatic N) is 3. The molecule has 1 aromatic heterocycles. The molecule has 9 heteroatoms. The Morgan fingerprint density at radius 3 is 2.48 bits per heavy atom. The van der Waals surface area contributed by atoms with Gasteiger partial charge in [0.2, 0.25) is 5.89 Å². The molecule has 0 spiro atoms. The molecule has 0 aromatic carbocycles. The Labute approximate surface area is 178 Å². The number of aliphatic imine (C=N–C) groups is 1. The number of hydrogen-bond acceptors (Lipinski definition) is 5. The quantitative estimate of drug-likeness (QED) is 0.360. The highest BCUT2D eigenvalue weighted by molar-refractivity contribution is 14.0. The zero-order valence-electron chi connectivity index (χ0n) is 17.1. The lowest BCUT2D eigenvalue weighted by molar-refractivity contribution is 0.0238. The van der Waals surface area contributed by atoms with Crippen molar-refractivity contribution in [3.63, 3.8) is 0 Å². The van der Waals surface area contributed by atoms with E-state index in [4.69, 9.17) is 9.15 Å². The fraction of sp³-hybridized carbons (Fsp3) is 0.722. The molecule has 1 aliphatic carbocycles. The monoisotopic (exact) mass is 493 g/mol. The molecule has 2 N–H and O–H groups in total. The Morgan fingerprint density at radius 1 is 1.33 bits per heavy atom. The third-order valence-electron chi connectivity index (χ3n) is 3.96. The van der Waals surface area contributed by atoms with Crippen LogP contribution in [0.15, 0.2) is 9.41 Å². The van der Waals surface area contributed by atoms with Crippen molar-refractivity contribution in [2.24, 2.45) is 4.99 Å². The van der Waals surface area contributed by atoms with Crippen molar-refractivity contribution >= 4 is 36.0 Å². The maximum Gasteiger partial charge on any atom is 0.410 e. The first-order valence-electron chi connectivity index (χ1n) is 9.06. The molecule has 1 saturated carbocycles. The minimum atomic E-state index is -0.485. The normalized spacial score (nSPS) is 14.4. The molecule has 8 nitrogen and oxygen atoms in total. The number of rotatable bonds is 6. The van der Waals surface area contributed by atoms with E-state index in [0.29, 0.717) is 37.5 Å². The van der Waals surface area contributed by atoms with Crippen LogP contribution in [0.25, 0.3) is 0 Å². The highest BCUT2D eigenvalue weighted by atomic mass is 127. The fourth-order valence-electron chi connectivity index (χ4n) is 2.42. The molecule has 27 heavy (non-hydrogen) atoms. The minimum Gasteiger partial charge on any atom is -0.444 e. The van der Waals surface area contributed by atoms with Crippen LogP contribution in [-0.4, -0.2) is 53.7 Å². The Bertz CT molecular complexity index is 630. The van der Waals surface area contributed by atoms with Gasteiger partial charge >= 0.3 is 6.09 Å². The van der Waals surface area contributed by atoms with Crippen LogP contribution in [0.4, 0.5) is 4.79 Å². The number of nitrogens with one attached hydrogen (secondary N) is 2. The highest BCUT2D eigenvalue weighted by Crippen LogP contribution is 2.28. The molecule has 0 unspecified atom stereocenters. The first-order valence-corrected chi connectivity index (χ1v) is 9.06. The topological polar surface area (TPSA) is 92.0 Å². The molecule has 1 amide bonds. The molecular weight excluding hydrogens is 461 g/mol. The maximum absolute atomic E-state index is 12.3. The van der Waals surface area contributed by atoms with E-state index in [1.807, 2.05) is 34.6 Å². The molecule has 154 valence electrons. The van der Waals surface area contributed by atoms with Gasteiger partial charge in [-0.1, -0.05) is 0 Å². The lowest BCUT2D eigenvalue weighted by Crippen LogP contribution is -2.45. The van der Waals surface area contributed by atoms with Crippen LogP contribution in [0.3, 0.4) is 0 Å². The number of guanidine groups is 1. The number of oxazole rings is 1. The van der Waals surface area contributed by atoms with Crippen molar-refractivity contribution in [1.82, 2.24) is 20.5 Å². The Hall–Kier alpha value is -1.52. The van der Waals surface area contributed by atoms with Crippen LogP contribution >= 0.6 is 24.0 Å². The average Bonchev–Trinajstić information content (AvgIpc) is 3.31. The summed E-state index contributed by atoms with van der Waals surface area (Å²) in [7, 11) is 1.70. The summed E-state index contributed by atoms with van der Waals surface area (Å²) in [6, 6.07) is 0.292. The molecule has 1 aromatic rings. The molecule has 1 fully saturated rings. The van der Waals surface area contributed by atoms with Crippen LogP contribution < -0.4 is 10.6 Å². The number of amides is 1. The molecule has 1 heterocycles. The molecular formula is C18H32IN5O3. The first kappa shape index (κ1) is 23.5. The summed E-state index contributed by atoms with van der Waals surface area (Å²) in [5, 5.41) is 6.37. The number of aromatic nitrogens is 1. The second-order valence-corrected chi connectivity index (χ2v) is 7.51. The third-order valence-corrected chi connectivity index (χ3v) is 3.96. The number of hydrogen-bond donors (Lipinski definition) is 2. The van der Waals surface area contributed by atoms with E-state index in [0.717, 1.165) is 24.3 Å². The van der Waals surface area contributed by atoms with E-state index in [-0.39, 0.29) is 30.1 Å². The van der Waals surface area contributed by atoms with Crippen molar-refractivity contribution in [1.29, 1.82) is 0 Å². The summed E-state index contributed by atoms with van der Waals surface area (Å²) in [5.74, 6) is 2.08. The zero-order chi connectivity index (χ0) is 19.3. The van der Waals surface area contributed by atoms with Crippen LogP contribution in [0, 0.1) is 13.8 Å². The number of aryl methyl sites for hydroxylation is 2. The predicted molar refractivity (Wildman–Crippen MR) is 116 cm³/mol. The Kier molecular flexibility index (Phi) is 8.83. The van der Waals surface area contributed by atoms with Crippen LogP contribution in [0.5, 0.6) is 0 Å². The zero-order valence-corrected chi connectivity index (χ0v) is 19.4. The van der Waals surface area contributed by atoms with Gasteiger partial charge in [0.25, 0.3) is 0 Å². The molecule has 0 radical (unpaired) electrons. The van der Waals surface area contributed by atoms with Gasteiger partial charge in [0.15, 0.2) is 5.96 Å². The molecule has 0 aliphatic heterocycles. The fourth-order valence-corrected chi connectivity index (χ4v) is 2.42.